The molecule has 0 radical (unpaired) electrons. The van der Waals surface area contributed by atoms with Gasteiger partial charge in [0.05, 0.1) is 5.52 Å². The van der Waals surface area contributed by atoms with Crippen molar-refractivity contribution in [2.24, 2.45) is 5.73 Å². The van der Waals surface area contributed by atoms with E-state index in [4.69, 9.17) is 11.5 Å². The molecule has 128 valence electrons. The molecule has 3 nitrogen and oxygen atoms in total. The summed E-state index contributed by atoms with van der Waals surface area (Å²) < 4.78 is 0. The Kier molecular flexibility index (Phi) is 7.03. The van der Waals surface area contributed by atoms with Gasteiger partial charge < -0.3 is 11.5 Å². The summed E-state index contributed by atoms with van der Waals surface area (Å²) in [6, 6.07) is 14.7. The molecule has 0 spiro atoms. The van der Waals surface area contributed by atoms with Crippen LogP contribution in [0.15, 0.2) is 42.5 Å². The molecule has 2 aromatic carbocycles. The molecule has 0 fully saturated rings. The highest BCUT2D eigenvalue weighted by atomic mass is 35.5. The monoisotopic (exact) mass is 363 g/mol. The van der Waals surface area contributed by atoms with Crippen molar-refractivity contribution in [2.45, 2.75) is 26.8 Å². The number of hydrogen-bond donors (Lipinski definition) is 2. The SMILES string of the molecule is CCc1ccc(-c2ccc3c(C)cc(N)nc3c2)cc1CN.Cl.Cl. The van der Waals surface area contributed by atoms with Gasteiger partial charge in [-0.3, -0.25) is 0 Å². The van der Waals surface area contributed by atoms with Crippen LogP contribution in [0.25, 0.3) is 22.0 Å². The number of fused-ring (bicyclic) bond motifs is 1. The standard InChI is InChI=1S/C19H21N3.2ClH/c1-3-13-4-5-14(9-16(13)11-20)15-6-7-17-12(2)8-19(21)22-18(17)10-15;;/h4-10H,3,11,20H2,1-2H3,(H2,21,22);2*1H. The molecular formula is C19H23Cl2N3. The summed E-state index contributed by atoms with van der Waals surface area (Å²) in [5.74, 6) is 0.561. The van der Waals surface area contributed by atoms with E-state index in [0.29, 0.717) is 12.4 Å². The highest BCUT2D eigenvalue weighted by Crippen LogP contribution is 2.27. The first-order chi connectivity index (χ1) is 10.6. The zero-order valence-electron chi connectivity index (χ0n) is 13.9. The van der Waals surface area contributed by atoms with E-state index in [9.17, 15) is 0 Å². The fourth-order valence-electron chi connectivity index (χ4n) is 2.95. The fourth-order valence-corrected chi connectivity index (χ4v) is 2.95. The zero-order valence-corrected chi connectivity index (χ0v) is 15.5. The summed E-state index contributed by atoms with van der Waals surface area (Å²) in [6.45, 7) is 4.77. The predicted octanol–water partition coefficient (Wildman–Crippen LogP) is 4.66. The van der Waals surface area contributed by atoms with Crippen LogP contribution in [0.2, 0.25) is 0 Å². The minimum atomic E-state index is 0. The molecule has 1 heterocycles. The van der Waals surface area contributed by atoms with Crippen LogP contribution < -0.4 is 11.5 Å². The van der Waals surface area contributed by atoms with Crippen LogP contribution in [0.3, 0.4) is 0 Å². The number of aromatic nitrogens is 1. The Bertz CT molecular complexity index is 847. The van der Waals surface area contributed by atoms with E-state index in [0.717, 1.165) is 28.5 Å². The number of nitrogens with two attached hydrogens (primary N) is 2. The lowest BCUT2D eigenvalue weighted by atomic mass is 9.96. The molecule has 3 rings (SSSR count). The van der Waals surface area contributed by atoms with Crippen molar-refractivity contribution in [3.8, 4) is 11.1 Å². The van der Waals surface area contributed by atoms with Crippen molar-refractivity contribution in [1.29, 1.82) is 0 Å². The molecule has 24 heavy (non-hydrogen) atoms. The molecule has 5 heteroatoms. The van der Waals surface area contributed by atoms with E-state index in [-0.39, 0.29) is 24.8 Å². The average Bonchev–Trinajstić information content (AvgIpc) is 2.53. The second kappa shape index (κ2) is 8.34. The summed E-state index contributed by atoms with van der Waals surface area (Å²) in [4.78, 5) is 4.45. The van der Waals surface area contributed by atoms with Gasteiger partial charge in [-0.25, -0.2) is 4.98 Å². The second-order valence-electron chi connectivity index (χ2n) is 5.64. The van der Waals surface area contributed by atoms with Crippen LogP contribution in [0.1, 0.15) is 23.6 Å². The van der Waals surface area contributed by atoms with Crippen LogP contribution in [0, 0.1) is 6.92 Å². The number of benzene rings is 2. The Morgan fingerprint density at radius 2 is 1.58 bits per heavy atom. The van der Waals surface area contributed by atoms with Gasteiger partial charge in [0.2, 0.25) is 0 Å². The summed E-state index contributed by atoms with van der Waals surface area (Å²) in [5.41, 5.74) is 18.7. The Morgan fingerprint density at radius 3 is 2.25 bits per heavy atom. The molecule has 0 amide bonds. The first-order valence-electron chi connectivity index (χ1n) is 7.61. The average molecular weight is 364 g/mol. The molecule has 0 saturated carbocycles. The third-order valence-corrected chi connectivity index (χ3v) is 4.18. The summed E-state index contributed by atoms with van der Waals surface area (Å²) >= 11 is 0. The van der Waals surface area contributed by atoms with E-state index in [2.05, 4.69) is 55.2 Å². The van der Waals surface area contributed by atoms with Crippen LogP contribution in [-0.2, 0) is 13.0 Å². The van der Waals surface area contributed by atoms with E-state index in [1.165, 1.54) is 16.7 Å². The normalized spacial score (nSPS) is 10.1. The summed E-state index contributed by atoms with van der Waals surface area (Å²) in [6.07, 6.45) is 1.00. The number of aryl methyl sites for hydroxylation is 2. The molecule has 0 saturated heterocycles. The molecule has 0 unspecified atom stereocenters. The van der Waals surface area contributed by atoms with Gasteiger partial charge in [0, 0.05) is 11.9 Å². The maximum Gasteiger partial charge on any atom is 0.124 e. The Balaban J connectivity index is 0.00000144. The molecule has 0 aliphatic heterocycles. The Labute approximate surface area is 155 Å². The van der Waals surface area contributed by atoms with Gasteiger partial charge in [-0.15, -0.1) is 24.8 Å². The van der Waals surface area contributed by atoms with Crippen LogP contribution in [-0.4, -0.2) is 4.98 Å². The maximum atomic E-state index is 5.87. The minimum absolute atomic E-state index is 0. The number of nitrogen functional groups attached to an aromatic ring is 1. The van der Waals surface area contributed by atoms with Gasteiger partial charge in [0.25, 0.3) is 0 Å². The number of halogens is 2. The Morgan fingerprint density at radius 1 is 0.917 bits per heavy atom. The number of anilines is 1. The van der Waals surface area contributed by atoms with Gasteiger partial charge in [-0.05, 0) is 59.4 Å². The fraction of sp³-hybridized carbons (Fsp3) is 0.211. The van der Waals surface area contributed by atoms with E-state index >= 15 is 0 Å². The third kappa shape index (κ3) is 3.81. The van der Waals surface area contributed by atoms with Crippen LogP contribution in [0.4, 0.5) is 5.82 Å². The quantitative estimate of drug-likeness (QED) is 0.711. The third-order valence-electron chi connectivity index (χ3n) is 4.18. The lowest BCUT2D eigenvalue weighted by Crippen LogP contribution is -2.01. The van der Waals surface area contributed by atoms with Crippen molar-refractivity contribution in [3.05, 3.63) is 59.2 Å². The topological polar surface area (TPSA) is 64.9 Å². The van der Waals surface area contributed by atoms with Gasteiger partial charge in [-0.1, -0.05) is 31.2 Å². The Hall–Kier alpha value is -1.81. The first-order valence-corrected chi connectivity index (χ1v) is 7.61. The zero-order chi connectivity index (χ0) is 15.7. The van der Waals surface area contributed by atoms with E-state index in [1.54, 1.807) is 0 Å². The number of hydrogen-bond acceptors (Lipinski definition) is 3. The highest BCUT2D eigenvalue weighted by Gasteiger charge is 2.06. The first kappa shape index (κ1) is 20.2. The lowest BCUT2D eigenvalue weighted by molar-refractivity contribution is 1.00. The number of nitrogens with zero attached hydrogens (tertiary/aromatic N) is 1. The largest absolute Gasteiger partial charge is 0.384 e. The van der Waals surface area contributed by atoms with Crippen molar-refractivity contribution >= 4 is 41.5 Å². The van der Waals surface area contributed by atoms with Gasteiger partial charge in [0.15, 0.2) is 0 Å². The van der Waals surface area contributed by atoms with Gasteiger partial charge >= 0.3 is 0 Å². The molecule has 0 aliphatic carbocycles. The highest BCUT2D eigenvalue weighted by molar-refractivity contribution is 5.88. The van der Waals surface area contributed by atoms with Gasteiger partial charge in [0.1, 0.15) is 5.82 Å². The lowest BCUT2D eigenvalue weighted by Gasteiger charge is -2.10. The summed E-state index contributed by atoms with van der Waals surface area (Å²) in [7, 11) is 0. The molecule has 3 aromatic rings. The predicted molar refractivity (Wildman–Crippen MR) is 108 cm³/mol. The number of pyridine rings is 1. The smallest absolute Gasteiger partial charge is 0.124 e. The van der Waals surface area contributed by atoms with Crippen LogP contribution in [0.5, 0.6) is 0 Å². The molecule has 0 atom stereocenters. The van der Waals surface area contributed by atoms with Crippen LogP contribution >= 0.6 is 24.8 Å². The molecule has 1 aromatic heterocycles. The summed E-state index contributed by atoms with van der Waals surface area (Å²) in [5, 5.41) is 1.14. The van der Waals surface area contributed by atoms with Crippen molar-refractivity contribution in [3.63, 3.8) is 0 Å². The minimum Gasteiger partial charge on any atom is -0.384 e. The van der Waals surface area contributed by atoms with Crippen molar-refractivity contribution in [1.82, 2.24) is 4.98 Å². The van der Waals surface area contributed by atoms with E-state index in [1.807, 2.05) is 6.07 Å². The van der Waals surface area contributed by atoms with Crippen molar-refractivity contribution < 1.29 is 0 Å². The maximum absolute atomic E-state index is 5.87. The van der Waals surface area contributed by atoms with Crippen molar-refractivity contribution in [2.75, 3.05) is 5.73 Å². The molecular weight excluding hydrogens is 341 g/mol. The second-order valence-corrected chi connectivity index (χ2v) is 5.64. The van der Waals surface area contributed by atoms with Gasteiger partial charge in [-0.2, -0.15) is 0 Å². The molecule has 0 bridgehead atoms. The number of rotatable bonds is 3. The molecule has 0 aliphatic rings. The van der Waals surface area contributed by atoms with E-state index < -0.39 is 0 Å². The molecule has 4 N–H and O–H groups in total.